The number of rotatable bonds is 0. The fourth-order valence-electron chi connectivity index (χ4n) is 1.38. The summed E-state index contributed by atoms with van der Waals surface area (Å²) in [4.78, 5) is 14.5. The van der Waals surface area contributed by atoms with Crippen molar-refractivity contribution in [2.24, 2.45) is 0 Å². The van der Waals surface area contributed by atoms with Gasteiger partial charge in [0.1, 0.15) is 0 Å². The molecule has 1 rings (SSSR count). The smallest absolute Gasteiger partial charge is 0.248 e. The van der Waals surface area contributed by atoms with Crippen molar-refractivity contribution in [2.45, 2.75) is 52.4 Å². The Bertz CT molecular complexity index is 367. The molecule has 15 heavy (non-hydrogen) atoms. The van der Waals surface area contributed by atoms with E-state index in [0.717, 1.165) is 11.3 Å². The number of aromatic amines is 1. The Hall–Kier alpha value is -1.05. The number of hydrogen-bond donors (Lipinski definition) is 1. The monoisotopic (exact) mass is 207 g/mol. The minimum Gasteiger partial charge on any atom is -0.326 e. The quantitative estimate of drug-likeness (QED) is 0.697. The Morgan fingerprint density at radius 2 is 1.47 bits per heavy atom. The van der Waals surface area contributed by atoms with Crippen LogP contribution in [-0.4, -0.2) is 4.98 Å². The molecule has 1 heterocycles. The van der Waals surface area contributed by atoms with E-state index in [1.807, 2.05) is 0 Å². The van der Waals surface area contributed by atoms with Gasteiger partial charge in [-0.1, -0.05) is 41.5 Å². The van der Waals surface area contributed by atoms with Gasteiger partial charge in [0, 0.05) is 17.2 Å². The van der Waals surface area contributed by atoms with Crippen LogP contribution < -0.4 is 5.56 Å². The third-order valence-corrected chi connectivity index (χ3v) is 2.52. The summed E-state index contributed by atoms with van der Waals surface area (Å²) in [5.41, 5.74) is 2.10. The first-order valence-corrected chi connectivity index (χ1v) is 5.36. The molecule has 0 aliphatic rings. The van der Waals surface area contributed by atoms with Crippen molar-refractivity contribution in [1.29, 1.82) is 0 Å². The Kier molecular flexibility index (Phi) is 2.81. The maximum absolute atomic E-state index is 11.5. The predicted molar refractivity (Wildman–Crippen MR) is 64.5 cm³/mol. The molecule has 0 saturated carbocycles. The van der Waals surface area contributed by atoms with E-state index < -0.39 is 0 Å². The second-order valence-corrected chi connectivity index (χ2v) is 6.15. The predicted octanol–water partition coefficient (Wildman–Crippen LogP) is 2.97. The van der Waals surface area contributed by atoms with E-state index in [1.165, 1.54) is 0 Å². The summed E-state index contributed by atoms with van der Waals surface area (Å²) in [6.07, 6.45) is 0. The summed E-state index contributed by atoms with van der Waals surface area (Å²) in [5, 5.41) is 0. The number of aromatic nitrogens is 1. The van der Waals surface area contributed by atoms with Crippen molar-refractivity contribution < 1.29 is 0 Å². The number of H-pyrrole nitrogens is 1. The third kappa shape index (κ3) is 2.95. The van der Waals surface area contributed by atoms with Gasteiger partial charge >= 0.3 is 0 Å². The van der Waals surface area contributed by atoms with E-state index in [9.17, 15) is 4.79 Å². The molecule has 0 atom stereocenters. The van der Waals surface area contributed by atoms with Crippen molar-refractivity contribution in [3.05, 3.63) is 33.7 Å². The first-order valence-electron chi connectivity index (χ1n) is 5.36. The van der Waals surface area contributed by atoms with Crippen molar-refractivity contribution in [3.8, 4) is 0 Å². The van der Waals surface area contributed by atoms with Crippen LogP contribution in [0.5, 0.6) is 0 Å². The second-order valence-electron chi connectivity index (χ2n) is 6.15. The SMILES string of the molecule is CC(C)(C)c1cc(C(C)(C)C)[nH]c(=O)c1. The summed E-state index contributed by atoms with van der Waals surface area (Å²) >= 11 is 0. The molecule has 0 aliphatic heterocycles. The largest absolute Gasteiger partial charge is 0.326 e. The van der Waals surface area contributed by atoms with Crippen LogP contribution in [0.3, 0.4) is 0 Å². The van der Waals surface area contributed by atoms with Gasteiger partial charge in [0.05, 0.1) is 0 Å². The molecule has 0 amide bonds. The van der Waals surface area contributed by atoms with Gasteiger partial charge in [-0.2, -0.15) is 0 Å². The topological polar surface area (TPSA) is 32.9 Å². The highest BCUT2D eigenvalue weighted by molar-refractivity contribution is 5.26. The van der Waals surface area contributed by atoms with Gasteiger partial charge in [0.15, 0.2) is 0 Å². The highest BCUT2D eigenvalue weighted by atomic mass is 16.1. The molecular weight excluding hydrogens is 186 g/mol. The van der Waals surface area contributed by atoms with Crippen LogP contribution in [0, 0.1) is 0 Å². The Morgan fingerprint density at radius 1 is 0.933 bits per heavy atom. The maximum Gasteiger partial charge on any atom is 0.248 e. The van der Waals surface area contributed by atoms with E-state index in [2.05, 4.69) is 52.6 Å². The zero-order valence-electron chi connectivity index (χ0n) is 10.6. The van der Waals surface area contributed by atoms with E-state index in [0.29, 0.717) is 0 Å². The molecule has 0 aromatic carbocycles. The molecule has 1 N–H and O–H groups in total. The van der Waals surface area contributed by atoms with Crippen molar-refractivity contribution >= 4 is 0 Å². The summed E-state index contributed by atoms with van der Waals surface area (Å²) in [7, 11) is 0. The summed E-state index contributed by atoms with van der Waals surface area (Å²) in [6, 6.07) is 3.79. The van der Waals surface area contributed by atoms with Crippen LogP contribution in [0.15, 0.2) is 16.9 Å². The van der Waals surface area contributed by atoms with Gasteiger partial charge in [-0.25, -0.2) is 0 Å². The lowest BCUT2D eigenvalue weighted by molar-refractivity contribution is 0.550. The standard InChI is InChI=1S/C13H21NO/c1-12(2,3)9-7-10(13(4,5)6)14-11(15)8-9/h7-8H,1-6H3,(H,14,15). The van der Waals surface area contributed by atoms with Gasteiger partial charge < -0.3 is 4.98 Å². The molecule has 0 bridgehead atoms. The first-order chi connectivity index (χ1) is 6.60. The fraction of sp³-hybridized carbons (Fsp3) is 0.615. The maximum atomic E-state index is 11.5. The van der Waals surface area contributed by atoms with Crippen LogP contribution in [-0.2, 0) is 10.8 Å². The van der Waals surface area contributed by atoms with Gasteiger partial charge in [0.2, 0.25) is 5.56 Å². The van der Waals surface area contributed by atoms with E-state index in [4.69, 9.17) is 0 Å². The summed E-state index contributed by atoms with van der Waals surface area (Å²) < 4.78 is 0. The van der Waals surface area contributed by atoms with Crippen LogP contribution >= 0.6 is 0 Å². The van der Waals surface area contributed by atoms with Gasteiger partial charge in [-0.15, -0.1) is 0 Å². The number of hydrogen-bond acceptors (Lipinski definition) is 1. The zero-order valence-corrected chi connectivity index (χ0v) is 10.6. The zero-order chi connectivity index (χ0) is 11.9. The molecule has 0 radical (unpaired) electrons. The molecule has 0 aliphatic carbocycles. The lowest BCUT2D eigenvalue weighted by Gasteiger charge is -2.23. The highest BCUT2D eigenvalue weighted by Crippen LogP contribution is 2.25. The van der Waals surface area contributed by atoms with Crippen molar-refractivity contribution in [2.75, 3.05) is 0 Å². The second kappa shape index (κ2) is 3.51. The van der Waals surface area contributed by atoms with Gasteiger partial charge in [-0.05, 0) is 17.0 Å². The van der Waals surface area contributed by atoms with Gasteiger partial charge in [-0.3, -0.25) is 4.79 Å². The van der Waals surface area contributed by atoms with Crippen LogP contribution in [0.4, 0.5) is 0 Å². The minimum absolute atomic E-state index is 0.00708. The third-order valence-electron chi connectivity index (χ3n) is 2.52. The van der Waals surface area contributed by atoms with Crippen LogP contribution in [0.1, 0.15) is 52.8 Å². The van der Waals surface area contributed by atoms with Crippen LogP contribution in [0.2, 0.25) is 0 Å². The molecule has 2 heteroatoms. The Labute approximate surface area is 91.7 Å². The molecule has 0 saturated heterocycles. The molecule has 2 nitrogen and oxygen atoms in total. The van der Waals surface area contributed by atoms with E-state index in [-0.39, 0.29) is 16.4 Å². The van der Waals surface area contributed by atoms with Crippen molar-refractivity contribution in [1.82, 2.24) is 4.98 Å². The number of nitrogens with one attached hydrogen (secondary N) is 1. The molecule has 1 aromatic rings. The van der Waals surface area contributed by atoms with E-state index in [1.54, 1.807) is 6.07 Å². The lowest BCUT2D eigenvalue weighted by atomic mass is 9.84. The molecule has 1 aromatic heterocycles. The average molecular weight is 207 g/mol. The molecule has 0 fully saturated rings. The summed E-state index contributed by atoms with van der Waals surface area (Å²) in [6.45, 7) is 12.7. The van der Waals surface area contributed by atoms with E-state index >= 15 is 0 Å². The molecule has 0 spiro atoms. The summed E-state index contributed by atoms with van der Waals surface area (Å²) in [5.74, 6) is 0. The van der Waals surface area contributed by atoms with Crippen LogP contribution in [0.25, 0.3) is 0 Å². The Morgan fingerprint density at radius 3 is 1.87 bits per heavy atom. The molecular formula is C13H21NO. The molecule has 84 valence electrons. The normalized spacial score (nSPS) is 12.9. The fourth-order valence-corrected chi connectivity index (χ4v) is 1.38. The average Bonchev–Trinajstić information content (AvgIpc) is 1.99. The molecule has 0 unspecified atom stereocenters. The van der Waals surface area contributed by atoms with Crippen molar-refractivity contribution in [3.63, 3.8) is 0 Å². The lowest BCUT2D eigenvalue weighted by Crippen LogP contribution is -2.23. The highest BCUT2D eigenvalue weighted by Gasteiger charge is 2.20. The number of pyridine rings is 1. The minimum atomic E-state index is -0.0135. The van der Waals surface area contributed by atoms with Gasteiger partial charge in [0.25, 0.3) is 0 Å². The first kappa shape index (κ1) is 12.0. The Balaban J connectivity index is 3.36.